The van der Waals surface area contributed by atoms with Crippen molar-refractivity contribution in [2.75, 3.05) is 11.4 Å². The third-order valence-corrected chi connectivity index (χ3v) is 8.64. The fourth-order valence-corrected chi connectivity index (χ4v) is 6.65. The van der Waals surface area contributed by atoms with Crippen molar-refractivity contribution in [2.45, 2.75) is 30.4 Å². The Labute approximate surface area is 212 Å². The molecule has 5 rings (SSSR count). The van der Waals surface area contributed by atoms with E-state index in [1.807, 2.05) is 104 Å². The number of para-hydroxylation sites is 1. The summed E-state index contributed by atoms with van der Waals surface area (Å²) in [5, 5.41) is 0.664. The largest absolute Gasteiger partial charge is 0.349 e. The maximum absolute atomic E-state index is 14.2. The first kappa shape index (κ1) is 23.6. The van der Waals surface area contributed by atoms with Crippen LogP contribution in [0, 0.1) is 6.92 Å². The van der Waals surface area contributed by atoms with Crippen molar-refractivity contribution >= 4 is 27.3 Å². The van der Waals surface area contributed by atoms with E-state index in [4.69, 9.17) is 11.6 Å². The summed E-state index contributed by atoms with van der Waals surface area (Å²) in [6.07, 6.45) is 0.108. The number of hydrogen-bond acceptors (Lipinski definition) is 3. The van der Waals surface area contributed by atoms with Crippen LogP contribution < -0.4 is 4.90 Å². The lowest BCUT2D eigenvalue weighted by Gasteiger charge is -2.32. The van der Waals surface area contributed by atoms with E-state index < -0.39 is 16.2 Å². The highest BCUT2D eigenvalue weighted by Gasteiger charge is 2.47. The lowest BCUT2D eigenvalue weighted by Crippen LogP contribution is -2.40. The van der Waals surface area contributed by atoms with Gasteiger partial charge in [0.1, 0.15) is 6.17 Å². The molecule has 0 N–H and O–H groups in total. The zero-order valence-electron chi connectivity index (χ0n) is 19.5. The van der Waals surface area contributed by atoms with Crippen molar-refractivity contribution in [2.24, 2.45) is 0 Å². The molecule has 0 amide bonds. The van der Waals surface area contributed by atoms with E-state index in [0.29, 0.717) is 22.9 Å². The van der Waals surface area contributed by atoms with Gasteiger partial charge < -0.3 is 4.90 Å². The molecule has 0 bridgehead atoms. The Morgan fingerprint density at radius 2 is 1.40 bits per heavy atom. The molecule has 1 fully saturated rings. The number of benzene rings is 4. The van der Waals surface area contributed by atoms with Gasteiger partial charge >= 0.3 is 0 Å². The zero-order valence-corrected chi connectivity index (χ0v) is 21.0. The van der Waals surface area contributed by atoms with E-state index in [0.717, 1.165) is 22.4 Å². The van der Waals surface area contributed by atoms with Gasteiger partial charge in [-0.25, -0.2) is 8.42 Å². The second kappa shape index (κ2) is 9.86. The number of rotatable bonds is 6. The van der Waals surface area contributed by atoms with Gasteiger partial charge in [-0.05, 0) is 60.9 Å². The number of anilines is 1. The molecule has 4 aromatic rings. The molecule has 1 aliphatic heterocycles. The van der Waals surface area contributed by atoms with Crippen LogP contribution >= 0.6 is 11.6 Å². The number of aryl methyl sites for hydroxylation is 1. The van der Waals surface area contributed by atoms with Crippen molar-refractivity contribution in [1.29, 1.82) is 0 Å². The highest BCUT2D eigenvalue weighted by Crippen LogP contribution is 2.42. The van der Waals surface area contributed by atoms with Crippen LogP contribution in [0.15, 0.2) is 114 Å². The number of halogens is 1. The molecule has 4 nitrogen and oxygen atoms in total. The van der Waals surface area contributed by atoms with Crippen molar-refractivity contribution < 1.29 is 8.42 Å². The maximum Gasteiger partial charge on any atom is 0.245 e. The smallest absolute Gasteiger partial charge is 0.245 e. The van der Waals surface area contributed by atoms with Crippen LogP contribution in [0.2, 0.25) is 5.02 Å². The van der Waals surface area contributed by atoms with Gasteiger partial charge in [0.25, 0.3) is 0 Å². The van der Waals surface area contributed by atoms with Crippen molar-refractivity contribution in [3.63, 3.8) is 0 Å². The fraction of sp³-hybridized carbons (Fsp3) is 0.172. The molecular weight excluding hydrogens is 476 g/mol. The molecule has 4 aromatic carbocycles. The summed E-state index contributed by atoms with van der Waals surface area (Å²) in [6, 6.07) is 34.4. The highest BCUT2D eigenvalue weighted by atomic mass is 35.5. The summed E-state index contributed by atoms with van der Waals surface area (Å²) in [4.78, 5) is 2.50. The maximum atomic E-state index is 14.2. The Morgan fingerprint density at radius 3 is 2.03 bits per heavy atom. The minimum Gasteiger partial charge on any atom is -0.349 e. The molecule has 0 radical (unpaired) electrons. The van der Waals surface area contributed by atoms with E-state index in [-0.39, 0.29) is 6.04 Å². The third kappa shape index (κ3) is 4.85. The molecule has 6 heteroatoms. The lowest BCUT2D eigenvalue weighted by molar-refractivity contribution is 0.327. The molecule has 0 spiro atoms. The van der Waals surface area contributed by atoms with Gasteiger partial charge in [0.2, 0.25) is 10.0 Å². The number of sulfonamides is 1. The van der Waals surface area contributed by atoms with Gasteiger partial charge in [0, 0.05) is 23.3 Å². The Kier molecular flexibility index (Phi) is 6.65. The number of hydrogen-bond donors (Lipinski definition) is 0. The van der Waals surface area contributed by atoms with E-state index >= 15 is 0 Å². The van der Waals surface area contributed by atoms with Gasteiger partial charge in [-0.2, -0.15) is 4.31 Å². The predicted molar refractivity (Wildman–Crippen MR) is 142 cm³/mol. The Balaban J connectivity index is 1.65. The van der Waals surface area contributed by atoms with Crippen LogP contribution in [0.1, 0.15) is 22.9 Å². The minimum atomic E-state index is -3.81. The summed E-state index contributed by atoms with van der Waals surface area (Å²) in [7, 11) is -3.81. The number of nitrogens with zero attached hydrogens (tertiary/aromatic N) is 2. The average molecular weight is 503 g/mol. The molecule has 2 atom stereocenters. The van der Waals surface area contributed by atoms with Crippen molar-refractivity contribution in [3.05, 3.63) is 131 Å². The quantitative estimate of drug-likeness (QED) is 0.303. The van der Waals surface area contributed by atoms with Gasteiger partial charge in [-0.1, -0.05) is 90.0 Å². The van der Waals surface area contributed by atoms with E-state index in [9.17, 15) is 8.42 Å². The normalized spacial score (nSPS) is 18.6. The van der Waals surface area contributed by atoms with E-state index in [1.165, 1.54) is 0 Å². The SMILES string of the molecule is Cc1ccc(S(=O)(=O)N2[C@@H](Cc3ccc(Cl)cc3)CN(c3ccccc3)[C@H]2c2ccccc2)cc1. The monoisotopic (exact) mass is 502 g/mol. The average Bonchev–Trinajstić information content (AvgIpc) is 3.27. The van der Waals surface area contributed by atoms with Crippen molar-refractivity contribution in [1.82, 2.24) is 4.31 Å². The second-order valence-corrected chi connectivity index (χ2v) is 11.2. The van der Waals surface area contributed by atoms with Crippen LogP contribution in [-0.4, -0.2) is 25.3 Å². The van der Waals surface area contributed by atoms with E-state index in [1.54, 1.807) is 16.4 Å². The molecule has 0 saturated carbocycles. The zero-order chi connectivity index (χ0) is 24.4. The lowest BCUT2D eigenvalue weighted by atomic mass is 10.1. The van der Waals surface area contributed by atoms with Crippen LogP contribution in [0.3, 0.4) is 0 Å². The third-order valence-electron chi connectivity index (χ3n) is 6.47. The topological polar surface area (TPSA) is 40.6 Å². The molecule has 0 aliphatic carbocycles. The first-order valence-corrected chi connectivity index (χ1v) is 13.5. The van der Waals surface area contributed by atoms with Gasteiger partial charge in [-0.15, -0.1) is 0 Å². The Bertz CT molecular complexity index is 1380. The van der Waals surface area contributed by atoms with E-state index in [2.05, 4.69) is 4.90 Å². The summed E-state index contributed by atoms with van der Waals surface area (Å²) in [5.41, 5.74) is 3.99. The van der Waals surface area contributed by atoms with Gasteiger partial charge in [0.15, 0.2) is 0 Å². The second-order valence-electron chi connectivity index (χ2n) is 8.90. The van der Waals surface area contributed by atoms with Gasteiger partial charge in [-0.3, -0.25) is 0 Å². The van der Waals surface area contributed by atoms with Crippen LogP contribution in [-0.2, 0) is 16.4 Å². The molecule has 178 valence electrons. The molecule has 1 heterocycles. The molecule has 35 heavy (non-hydrogen) atoms. The first-order chi connectivity index (χ1) is 16.9. The first-order valence-electron chi connectivity index (χ1n) is 11.6. The van der Waals surface area contributed by atoms with Crippen LogP contribution in [0.4, 0.5) is 5.69 Å². The molecule has 0 unspecified atom stereocenters. The Hall–Kier alpha value is -3.12. The summed E-state index contributed by atoms with van der Waals surface area (Å²) in [6.45, 7) is 2.52. The molecule has 1 aliphatic rings. The van der Waals surface area contributed by atoms with Crippen LogP contribution in [0.25, 0.3) is 0 Å². The summed E-state index contributed by atoms with van der Waals surface area (Å²) >= 11 is 6.11. The summed E-state index contributed by atoms with van der Waals surface area (Å²) in [5.74, 6) is 0. The Morgan fingerprint density at radius 1 is 0.800 bits per heavy atom. The molecular formula is C29H27ClN2O2S. The molecule has 0 aromatic heterocycles. The predicted octanol–water partition coefficient (Wildman–Crippen LogP) is 6.47. The fourth-order valence-electron chi connectivity index (χ4n) is 4.77. The van der Waals surface area contributed by atoms with Gasteiger partial charge in [0.05, 0.1) is 4.90 Å². The highest BCUT2D eigenvalue weighted by molar-refractivity contribution is 7.89. The minimum absolute atomic E-state index is 0.270. The standard InChI is InChI=1S/C29H27ClN2O2S/c1-22-12-18-28(19-13-22)35(33,34)32-27(20-23-14-16-25(30)17-15-23)21-31(26-10-6-3-7-11-26)29(32)24-8-4-2-5-9-24/h2-19,27,29H,20-21H2,1H3/t27-,29+/m0/s1. The van der Waals surface area contributed by atoms with Crippen LogP contribution in [0.5, 0.6) is 0 Å². The van der Waals surface area contributed by atoms with Crippen molar-refractivity contribution in [3.8, 4) is 0 Å². The summed E-state index contributed by atoms with van der Waals surface area (Å²) < 4.78 is 30.2. The molecule has 1 saturated heterocycles.